The van der Waals surface area contributed by atoms with E-state index in [-0.39, 0.29) is 11.7 Å². The zero-order valence-electron chi connectivity index (χ0n) is 7.78. The number of carbonyl (C=O) groups excluding carboxylic acids is 1. The second-order valence-electron chi connectivity index (χ2n) is 2.56. The molecule has 0 aromatic rings. The van der Waals surface area contributed by atoms with Crippen molar-refractivity contribution in [2.45, 2.75) is 13.8 Å². The van der Waals surface area contributed by atoms with Gasteiger partial charge in [0.1, 0.15) is 0 Å². The number of hydrogen-bond acceptors (Lipinski definition) is 4. The molecule has 0 aliphatic rings. The molecule has 0 aliphatic carbocycles. The molecule has 13 heavy (non-hydrogen) atoms. The van der Waals surface area contributed by atoms with E-state index >= 15 is 0 Å². The fourth-order valence-corrected chi connectivity index (χ4v) is 1.46. The van der Waals surface area contributed by atoms with E-state index in [1.165, 1.54) is 11.8 Å². The summed E-state index contributed by atoms with van der Waals surface area (Å²) >= 11 is 1.28. The van der Waals surface area contributed by atoms with Crippen LogP contribution in [0, 0.1) is 5.92 Å². The molecule has 0 aromatic carbocycles. The third kappa shape index (κ3) is 6.45. The molecular weight excluding hydrogens is 192 g/mol. The molecule has 0 radical (unpaired) electrons. The largest absolute Gasteiger partial charge is 0.481 e. The Morgan fingerprint density at radius 2 is 2.15 bits per heavy atom. The Morgan fingerprint density at radius 3 is 2.62 bits per heavy atom. The van der Waals surface area contributed by atoms with Gasteiger partial charge in [0, 0.05) is 5.75 Å². The van der Waals surface area contributed by atoms with Crippen LogP contribution in [0.3, 0.4) is 0 Å². The first-order valence-corrected chi connectivity index (χ1v) is 5.19. The molecule has 0 saturated heterocycles. The van der Waals surface area contributed by atoms with Crippen LogP contribution in [0.25, 0.3) is 0 Å². The van der Waals surface area contributed by atoms with Crippen LogP contribution in [0.4, 0.5) is 0 Å². The minimum atomic E-state index is -0.837. The quantitative estimate of drug-likeness (QED) is 0.657. The topological polar surface area (TPSA) is 63.6 Å². The van der Waals surface area contributed by atoms with E-state index < -0.39 is 11.9 Å². The van der Waals surface area contributed by atoms with Crippen molar-refractivity contribution in [1.82, 2.24) is 0 Å². The number of rotatable bonds is 6. The number of aliphatic carboxylic acids is 1. The van der Waals surface area contributed by atoms with Crippen molar-refractivity contribution in [1.29, 1.82) is 0 Å². The molecular formula is C8H14O4S. The highest BCUT2D eigenvalue weighted by Crippen LogP contribution is 2.08. The molecule has 1 N–H and O–H groups in total. The molecule has 76 valence electrons. The van der Waals surface area contributed by atoms with Gasteiger partial charge in [-0.15, -0.1) is 11.8 Å². The van der Waals surface area contributed by atoms with Gasteiger partial charge in [-0.3, -0.25) is 9.59 Å². The van der Waals surface area contributed by atoms with Crippen molar-refractivity contribution >= 4 is 23.7 Å². The molecule has 0 fully saturated rings. The fourth-order valence-electron chi connectivity index (χ4n) is 0.593. The van der Waals surface area contributed by atoms with Crippen molar-refractivity contribution < 1.29 is 19.4 Å². The van der Waals surface area contributed by atoms with Crippen LogP contribution >= 0.6 is 11.8 Å². The maximum atomic E-state index is 10.8. The molecule has 0 saturated carbocycles. The Morgan fingerprint density at radius 1 is 1.54 bits per heavy atom. The van der Waals surface area contributed by atoms with Gasteiger partial charge in [0.25, 0.3) is 0 Å². The molecule has 0 aromatic heterocycles. The average Bonchev–Trinajstić information content (AvgIpc) is 2.04. The second kappa shape index (κ2) is 6.77. The number of carboxylic acid groups (broad SMARTS) is 1. The summed E-state index contributed by atoms with van der Waals surface area (Å²) in [5.74, 6) is -0.875. The Labute approximate surface area is 81.6 Å². The van der Waals surface area contributed by atoms with Gasteiger partial charge >= 0.3 is 11.9 Å². The van der Waals surface area contributed by atoms with E-state index in [1.807, 2.05) is 0 Å². The van der Waals surface area contributed by atoms with Crippen LogP contribution in [-0.2, 0) is 14.3 Å². The number of carboxylic acids is 1. The number of hydrogen-bond donors (Lipinski definition) is 1. The molecule has 5 heteroatoms. The molecule has 0 amide bonds. The Kier molecular flexibility index (Phi) is 6.40. The molecule has 0 bridgehead atoms. The molecule has 1 atom stereocenters. The highest BCUT2D eigenvalue weighted by Gasteiger charge is 2.11. The third-order valence-electron chi connectivity index (χ3n) is 1.31. The van der Waals surface area contributed by atoms with Crippen LogP contribution < -0.4 is 0 Å². The zero-order valence-corrected chi connectivity index (χ0v) is 8.60. The van der Waals surface area contributed by atoms with Gasteiger partial charge in [-0.2, -0.15) is 0 Å². The lowest BCUT2D eigenvalue weighted by Crippen LogP contribution is -2.14. The second-order valence-corrected chi connectivity index (χ2v) is 3.59. The van der Waals surface area contributed by atoms with Crippen LogP contribution in [0.15, 0.2) is 0 Å². The number of thioether (sulfide) groups is 1. The maximum absolute atomic E-state index is 10.8. The first-order valence-electron chi connectivity index (χ1n) is 4.04. The van der Waals surface area contributed by atoms with Crippen LogP contribution in [0.5, 0.6) is 0 Å². The summed E-state index contributed by atoms with van der Waals surface area (Å²) in [5.41, 5.74) is 0. The lowest BCUT2D eigenvalue weighted by molar-refractivity contribution is -0.141. The first-order chi connectivity index (χ1) is 6.07. The lowest BCUT2D eigenvalue weighted by Gasteiger charge is -2.04. The van der Waals surface area contributed by atoms with Crippen LogP contribution in [-0.4, -0.2) is 35.2 Å². The molecule has 0 rings (SSSR count). The monoisotopic (exact) mass is 206 g/mol. The molecule has 1 unspecified atom stereocenters. The smallest absolute Gasteiger partial charge is 0.315 e. The Balaban J connectivity index is 3.44. The van der Waals surface area contributed by atoms with Crippen molar-refractivity contribution in [3.63, 3.8) is 0 Å². The van der Waals surface area contributed by atoms with Crippen molar-refractivity contribution in [2.75, 3.05) is 18.1 Å². The third-order valence-corrected chi connectivity index (χ3v) is 2.49. The number of ether oxygens (including phenoxy) is 1. The standard InChI is InChI=1S/C8H14O4S/c1-3-12-7(9)5-13-4-6(2)8(10)11/h6H,3-5H2,1-2H3,(H,10,11). The predicted octanol–water partition coefficient (Wildman–Crippen LogP) is 1.00. The minimum Gasteiger partial charge on any atom is -0.481 e. The highest BCUT2D eigenvalue weighted by molar-refractivity contribution is 7.99. The summed E-state index contributed by atoms with van der Waals surface area (Å²) in [5, 5.41) is 8.52. The summed E-state index contributed by atoms with van der Waals surface area (Å²) in [6.45, 7) is 3.72. The van der Waals surface area contributed by atoms with Crippen LogP contribution in [0.1, 0.15) is 13.8 Å². The van der Waals surface area contributed by atoms with Crippen molar-refractivity contribution in [2.24, 2.45) is 5.92 Å². The van der Waals surface area contributed by atoms with Gasteiger partial charge in [0.05, 0.1) is 18.3 Å². The summed E-state index contributed by atoms with van der Waals surface area (Å²) in [7, 11) is 0. The minimum absolute atomic E-state index is 0.228. The van der Waals surface area contributed by atoms with Crippen molar-refractivity contribution in [3.8, 4) is 0 Å². The zero-order chi connectivity index (χ0) is 10.3. The number of carbonyl (C=O) groups is 2. The average molecular weight is 206 g/mol. The van der Waals surface area contributed by atoms with Crippen molar-refractivity contribution in [3.05, 3.63) is 0 Å². The normalized spacial score (nSPS) is 12.2. The maximum Gasteiger partial charge on any atom is 0.315 e. The summed E-state index contributed by atoms with van der Waals surface area (Å²) in [6.07, 6.45) is 0. The van der Waals surface area contributed by atoms with E-state index in [0.29, 0.717) is 12.4 Å². The van der Waals surface area contributed by atoms with Crippen LogP contribution in [0.2, 0.25) is 0 Å². The summed E-state index contributed by atoms with van der Waals surface area (Å²) < 4.78 is 4.68. The Bertz CT molecular complexity index is 181. The van der Waals surface area contributed by atoms with E-state index in [1.54, 1.807) is 13.8 Å². The first kappa shape index (κ1) is 12.3. The molecule has 0 aliphatic heterocycles. The van der Waals surface area contributed by atoms with E-state index in [0.717, 1.165) is 0 Å². The van der Waals surface area contributed by atoms with Gasteiger partial charge in [-0.1, -0.05) is 6.92 Å². The lowest BCUT2D eigenvalue weighted by atomic mass is 10.2. The van der Waals surface area contributed by atoms with E-state index in [2.05, 4.69) is 4.74 Å². The molecule has 4 nitrogen and oxygen atoms in total. The van der Waals surface area contributed by atoms with E-state index in [4.69, 9.17) is 5.11 Å². The highest BCUT2D eigenvalue weighted by atomic mass is 32.2. The van der Waals surface area contributed by atoms with Gasteiger partial charge in [-0.05, 0) is 6.92 Å². The summed E-state index contributed by atoms with van der Waals surface area (Å²) in [6, 6.07) is 0. The van der Waals surface area contributed by atoms with Gasteiger partial charge < -0.3 is 9.84 Å². The van der Waals surface area contributed by atoms with Gasteiger partial charge in [0.2, 0.25) is 0 Å². The van der Waals surface area contributed by atoms with E-state index in [9.17, 15) is 9.59 Å². The van der Waals surface area contributed by atoms with Gasteiger partial charge in [-0.25, -0.2) is 0 Å². The molecule has 0 spiro atoms. The Hall–Kier alpha value is -0.710. The fraction of sp³-hybridized carbons (Fsp3) is 0.750. The molecule has 0 heterocycles. The van der Waals surface area contributed by atoms with Gasteiger partial charge in [0.15, 0.2) is 0 Å². The predicted molar refractivity (Wildman–Crippen MR) is 50.8 cm³/mol. The summed E-state index contributed by atoms with van der Waals surface area (Å²) in [4.78, 5) is 21.2. The SMILES string of the molecule is CCOC(=O)CSCC(C)C(=O)O. The number of esters is 1.